The van der Waals surface area contributed by atoms with Crippen LogP contribution >= 0.6 is 0 Å². The van der Waals surface area contributed by atoms with Gasteiger partial charge in [-0.05, 0) is 6.92 Å². The number of aliphatic imine (C=N–C) groups is 1. The summed E-state index contributed by atoms with van der Waals surface area (Å²) in [5.41, 5.74) is 0. The summed E-state index contributed by atoms with van der Waals surface area (Å²) >= 11 is 0. The van der Waals surface area contributed by atoms with Crippen molar-refractivity contribution in [1.29, 1.82) is 0 Å². The Kier molecular flexibility index (Phi) is 4.48. The Morgan fingerprint density at radius 1 is 1.31 bits per heavy atom. The van der Waals surface area contributed by atoms with Crippen molar-refractivity contribution >= 4 is 6.34 Å². The van der Waals surface area contributed by atoms with Crippen molar-refractivity contribution in [3.63, 3.8) is 0 Å². The summed E-state index contributed by atoms with van der Waals surface area (Å²) in [6.45, 7) is 3.22. The van der Waals surface area contributed by atoms with Crippen molar-refractivity contribution in [2.75, 3.05) is 13.6 Å². The lowest BCUT2D eigenvalue weighted by Crippen LogP contribution is -2.68. The summed E-state index contributed by atoms with van der Waals surface area (Å²) in [7, 11) is -2.83. The number of quaternary nitrogens is 1. The lowest BCUT2D eigenvalue weighted by molar-refractivity contribution is -2.00. The zero-order chi connectivity index (χ0) is 10.5. The van der Waals surface area contributed by atoms with Crippen LogP contribution < -0.4 is 18.6 Å². The third kappa shape index (κ3) is 7.85. The van der Waals surface area contributed by atoms with Crippen molar-refractivity contribution in [2.45, 2.75) is 6.92 Å². The molecule has 0 radical (unpaired) electrons. The maximum atomic E-state index is 8.49. The second-order valence-electron chi connectivity index (χ2n) is 2.60. The normalized spacial score (nSPS) is 25.7. The zero-order valence-electron chi connectivity index (χ0n) is 7.34. The van der Waals surface area contributed by atoms with Crippen LogP contribution in [0.3, 0.4) is 0 Å². The highest BCUT2D eigenvalue weighted by molar-refractivity contribution is 5.50. The van der Waals surface area contributed by atoms with E-state index in [1.807, 2.05) is 12.5 Å². The summed E-state index contributed by atoms with van der Waals surface area (Å²) in [5, 5.41) is 0. The summed E-state index contributed by atoms with van der Waals surface area (Å²) in [6.07, 6.45) is 5.84. The van der Waals surface area contributed by atoms with E-state index in [4.69, 9.17) is 18.6 Å². The lowest BCUT2D eigenvalue weighted by Gasteiger charge is -2.18. The monoisotopic (exact) mass is 210 g/mol. The molecule has 6 nitrogen and oxygen atoms in total. The van der Waals surface area contributed by atoms with Crippen LogP contribution in [-0.2, 0) is 0 Å². The first kappa shape index (κ1) is 12.5. The van der Waals surface area contributed by atoms with Gasteiger partial charge in [0.2, 0.25) is 0 Å². The summed E-state index contributed by atoms with van der Waals surface area (Å²) in [5.74, 6) is 0. The maximum Gasteiger partial charge on any atom is 0.194 e. The van der Waals surface area contributed by atoms with E-state index < -0.39 is 10.2 Å². The van der Waals surface area contributed by atoms with Gasteiger partial charge in [-0.25, -0.2) is 23.6 Å². The van der Waals surface area contributed by atoms with Gasteiger partial charge in [0.1, 0.15) is 6.20 Å². The molecule has 0 amide bonds. The number of hydrogen-bond acceptors (Lipinski definition) is 5. The highest BCUT2D eigenvalue weighted by Crippen LogP contribution is 2.04. The minimum absolute atomic E-state index is 0.847. The summed E-state index contributed by atoms with van der Waals surface area (Å²) in [6, 6.07) is 0. The van der Waals surface area contributed by atoms with Gasteiger partial charge in [0.15, 0.2) is 6.34 Å². The molecule has 0 aliphatic carbocycles. The van der Waals surface area contributed by atoms with Gasteiger partial charge in [-0.3, -0.25) is 4.48 Å². The molecule has 1 atom stereocenters. The highest BCUT2D eigenvalue weighted by atomic mass is 35.7. The molecule has 1 unspecified atom stereocenters. The first-order chi connectivity index (χ1) is 5.77. The van der Waals surface area contributed by atoms with Crippen LogP contribution in [-0.4, -0.2) is 24.4 Å². The van der Waals surface area contributed by atoms with Gasteiger partial charge in [0, 0.05) is 0 Å². The Bertz CT molecular complexity index is 193. The number of nitrogens with zero attached hydrogens (tertiary/aromatic N) is 2. The standard InChI is InChI=1S/C6H11N2.ClHO4/c1-3-8(2)5-4-7-6-8;2-1(3,4)5/h4-6H,3H2,1-2H3;(H,2,3,4,5)/q+1;/p-1. The fraction of sp³-hybridized carbons (Fsp3) is 0.500. The first-order valence-electron chi connectivity index (χ1n) is 3.45. The van der Waals surface area contributed by atoms with Crippen LogP contribution in [0, 0.1) is 10.2 Å². The molecule has 1 rings (SSSR count). The first-order valence-corrected chi connectivity index (χ1v) is 4.69. The van der Waals surface area contributed by atoms with Crippen LogP contribution in [0.5, 0.6) is 0 Å². The molecule has 0 aromatic carbocycles. The lowest BCUT2D eigenvalue weighted by atomic mass is 10.5. The van der Waals surface area contributed by atoms with Crippen molar-refractivity contribution in [1.82, 2.24) is 0 Å². The van der Waals surface area contributed by atoms with Gasteiger partial charge < -0.3 is 0 Å². The fourth-order valence-electron chi connectivity index (χ4n) is 0.607. The third-order valence-corrected chi connectivity index (χ3v) is 1.51. The fourth-order valence-corrected chi connectivity index (χ4v) is 0.607. The minimum Gasteiger partial charge on any atom is -0.256 e. The molecule has 0 bridgehead atoms. The summed E-state index contributed by atoms with van der Waals surface area (Å²) in [4.78, 5) is 3.97. The van der Waals surface area contributed by atoms with Crippen molar-refractivity contribution in [3.05, 3.63) is 12.4 Å². The van der Waals surface area contributed by atoms with Gasteiger partial charge in [-0.2, -0.15) is 0 Å². The van der Waals surface area contributed by atoms with Gasteiger partial charge in [0.05, 0.1) is 19.8 Å². The molecule has 1 aliphatic heterocycles. The largest absolute Gasteiger partial charge is 0.256 e. The Morgan fingerprint density at radius 3 is 1.92 bits per heavy atom. The molecule has 0 saturated carbocycles. The second kappa shape index (κ2) is 4.66. The Morgan fingerprint density at radius 2 is 1.77 bits per heavy atom. The molecule has 0 fully saturated rings. The molecule has 76 valence electrons. The predicted molar refractivity (Wildman–Crippen MR) is 34.4 cm³/mol. The molecule has 0 spiro atoms. The molecule has 0 aromatic heterocycles. The average molecular weight is 211 g/mol. The number of halogens is 1. The van der Waals surface area contributed by atoms with E-state index >= 15 is 0 Å². The van der Waals surface area contributed by atoms with E-state index in [-0.39, 0.29) is 0 Å². The van der Waals surface area contributed by atoms with Crippen LogP contribution in [0.4, 0.5) is 0 Å². The van der Waals surface area contributed by atoms with Gasteiger partial charge in [-0.15, -0.1) is 10.2 Å². The quantitative estimate of drug-likeness (QED) is 0.414. The average Bonchev–Trinajstić information content (AvgIpc) is 2.34. The maximum absolute atomic E-state index is 8.49. The Balaban J connectivity index is 0.000000252. The van der Waals surface area contributed by atoms with E-state index in [1.54, 1.807) is 0 Å². The predicted octanol–water partition coefficient (Wildman–Crippen LogP) is -3.79. The highest BCUT2D eigenvalue weighted by Gasteiger charge is 2.14. The van der Waals surface area contributed by atoms with Crippen molar-refractivity contribution in [3.8, 4) is 0 Å². The molecule has 13 heavy (non-hydrogen) atoms. The third-order valence-electron chi connectivity index (χ3n) is 1.51. The SMILES string of the molecule is CC[N+]1(C)C=CN=C1.[O-][Cl+3]([O-])([O-])[O-]. The van der Waals surface area contributed by atoms with Crippen LogP contribution in [0.15, 0.2) is 17.4 Å². The molecule has 7 heteroatoms. The van der Waals surface area contributed by atoms with E-state index in [0.717, 1.165) is 11.0 Å². The van der Waals surface area contributed by atoms with Crippen LogP contribution in [0.25, 0.3) is 0 Å². The zero-order valence-corrected chi connectivity index (χ0v) is 8.10. The number of rotatable bonds is 1. The molecule has 0 saturated heterocycles. The number of hydrogen-bond donors (Lipinski definition) is 0. The Labute approximate surface area is 78.4 Å². The summed E-state index contributed by atoms with van der Waals surface area (Å²) < 4.78 is 34.8. The molecule has 1 aliphatic rings. The molecule has 1 heterocycles. The molecule has 0 N–H and O–H groups in total. The van der Waals surface area contributed by atoms with E-state index in [1.165, 1.54) is 0 Å². The Hall–Kier alpha value is -0.500. The van der Waals surface area contributed by atoms with Crippen LogP contribution in [0.1, 0.15) is 6.92 Å². The molecular weight excluding hydrogens is 200 g/mol. The second-order valence-corrected chi connectivity index (χ2v) is 3.36. The molecule has 0 aromatic rings. The van der Waals surface area contributed by atoms with E-state index in [9.17, 15) is 0 Å². The topological polar surface area (TPSA) is 105 Å². The van der Waals surface area contributed by atoms with Crippen molar-refractivity contribution in [2.24, 2.45) is 4.99 Å². The smallest absolute Gasteiger partial charge is 0.194 e. The van der Waals surface area contributed by atoms with Gasteiger partial charge in [-0.1, -0.05) is 0 Å². The molecular formula is C6H11ClN2O4. The van der Waals surface area contributed by atoms with E-state index in [2.05, 4.69) is 25.2 Å². The van der Waals surface area contributed by atoms with Gasteiger partial charge in [0.25, 0.3) is 0 Å². The minimum atomic E-state index is -4.94. The van der Waals surface area contributed by atoms with Crippen molar-refractivity contribution < 1.29 is 33.4 Å². The van der Waals surface area contributed by atoms with Crippen LogP contribution in [0.2, 0.25) is 0 Å². The van der Waals surface area contributed by atoms with Gasteiger partial charge >= 0.3 is 0 Å². The van der Waals surface area contributed by atoms with E-state index in [0.29, 0.717) is 0 Å².